The van der Waals surface area contributed by atoms with Crippen molar-refractivity contribution in [3.8, 4) is 5.69 Å². The number of benzene rings is 2. The molecule has 0 spiro atoms. The van der Waals surface area contributed by atoms with Crippen molar-refractivity contribution in [3.05, 3.63) is 76.4 Å². The number of sulfonamides is 1. The number of aryl methyl sites for hydroxylation is 1. The van der Waals surface area contributed by atoms with Gasteiger partial charge >= 0.3 is 6.18 Å². The van der Waals surface area contributed by atoms with E-state index in [-0.39, 0.29) is 45.2 Å². The minimum Gasteiger partial charge on any atom is -0.393 e. The fourth-order valence-corrected chi connectivity index (χ4v) is 4.63. The minimum absolute atomic E-state index is 0.0197. The Balaban J connectivity index is 2.10. The van der Waals surface area contributed by atoms with Crippen molar-refractivity contribution < 1.29 is 35.9 Å². The fraction of sp³-hybridized carbons (Fsp3) is 0.261. The number of anilines is 1. The van der Waals surface area contributed by atoms with E-state index in [1.807, 2.05) is 0 Å². The van der Waals surface area contributed by atoms with E-state index >= 15 is 0 Å². The Morgan fingerprint density at radius 1 is 1.14 bits per heavy atom. The summed E-state index contributed by atoms with van der Waals surface area (Å²) >= 11 is 0. The molecule has 0 saturated carbocycles. The zero-order valence-electron chi connectivity index (χ0n) is 18.9. The van der Waals surface area contributed by atoms with Gasteiger partial charge in [-0.2, -0.15) is 13.2 Å². The molecule has 3 rings (SSSR count). The van der Waals surface area contributed by atoms with E-state index in [1.54, 1.807) is 0 Å². The van der Waals surface area contributed by atoms with Crippen LogP contribution in [0.3, 0.4) is 0 Å². The molecule has 0 aliphatic rings. The van der Waals surface area contributed by atoms with Crippen LogP contribution in [0.2, 0.25) is 0 Å². The number of aliphatic hydroxyl groups excluding tert-OH is 1. The monoisotopic (exact) mass is 513 g/mol. The number of nitrogens with zero attached hydrogens (tertiary/aromatic N) is 1. The largest absolute Gasteiger partial charge is 0.418 e. The van der Waals surface area contributed by atoms with Gasteiger partial charge < -0.3 is 15.0 Å². The highest BCUT2D eigenvalue weighted by Crippen LogP contribution is 2.36. The summed E-state index contributed by atoms with van der Waals surface area (Å²) in [6.45, 7) is 4.36. The van der Waals surface area contributed by atoms with Crippen LogP contribution in [-0.4, -0.2) is 30.1 Å². The number of nitrogens with two attached hydrogens (primary N) is 1. The van der Waals surface area contributed by atoms with E-state index in [4.69, 9.17) is 5.14 Å². The molecule has 0 radical (unpaired) electrons. The number of rotatable bonds is 6. The quantitative estimate of drug-likeness (QED) is 0.431. The van der Waals surface area contributed by atoms with Gasteiger partial charge in [-0.3, -0.25) is 4.79 Å². The number of primary sulfonamides is 1. The topological polar surface area (TPSA) is 114 Å². The predicted molar refractivity (Wildman–Crippen MR) is 121 cm³/mol. The van der Waals surface area contributed by atoms with Crippen LogP contribution in [0.1, 0.15) is 39.8 Å². The molecule has 0 bridgehead atoms. The molecule has 1 atom stereocenters. The van der Waals surface area contributed by atoms with Crippen molar-refractivity contribution in [1.29, 1.82) is 0 Å². The first-order valence-electron chi connectivity index (χ1n) is 10.3. The van der Waals surface area contributed by atoms with Gasteiger partial charge in [0.25, 0.3) is 5.91 Å². The number of aliphatic hydroxyl groups is 1. The van der Waals surface area contributed by atoms with E-state index in [2.05, 4.69) is 5.32 Å². The second-order valence-corrected chi connectivity index (χ2v) is 9.69. The van der Waals surface area contributed by atoms with Crippen molar-refractivity contribution >= 4 is 21.6 Å². The SMILES string of the molecule is Cc1cc(NC(=O)c2cc(C[C@H](C)O)n(-c3ccc(F)cc3C(F)(F)F)c2C)ccc1S(N)(=O)=O. The summed E-state index contributed by atoms with van der Waals surface area (Å²) in [5.41, 5.74) is -0.735. The molecule has 0 aliphatic carbocycles. The van der Waals surface area contributed by atoms with Crippen molar-refractivity contribution in [2.24, 2.45) is 5.14 Å². The Labute approximate surface area is 199 Å². The first-order chi connectivity index (χ1) is 16.1. The number of hydrogen-bond acceptors (Lipinski definition) is 4. The van der Waals surface area contributed by atoms with E-state index in [1.165, 1.54) is 49.6 Å². The van der Waals surface area contributed by atoms with Crippen molar-refractivity contribution in [2.45, 2.75) is 44.4 Å². The van der Waals surface area contributed by atoms with E-state index in [0.717, 1.165) is 12.1 Å². The van der Waals surface area contributed by atoms with E-state index < -0.39 is 39.6 Å². The Bertz CT molecular complexity index is 1400. The lowest BCUT2D eigenvalue weighted by Gasteiger charge is -2.18. The van der Waals surface area contributed by atoms with Crippen LogP contribution in [0, 0.1) is 19.7 Å². The molecule has 0 unspecified atom stereocenters. The highest BCUT2D eigenvalue weighted by molar-refractivity contribution is 7.89. The van der Waals surface area contributed by atoms with Crippen molar-refractivity contribution in [3.63, 3.8) is 0 Å². The number of carbonyl (C=O) groups excluding carboxylic acids is 1. The molecule has 12 heteroatoms. The smallest absolute Gasteiger partial charge is 0.393 e. The van der Waals surface area contributed by atoms with Crippen LogP contribution in [0.25, 0.3) is 5.69 Å². The Morgan fingerprint density at radius 2 is 1.80 bits per heavy atom. The normalized spacial score (nSPS) is 13.1. The molecule has 1 heterocycles. The Morgan fingerprint density at radius 3 is 2.34 bits per heavy atom. The molecule has 7 nitrogen and oxygen atoms in total. The maximum absolute atomic E-state index is 13.7. The average molecular weight is 514 g/mol. The van der Waals surface area contributed by atoms with Gasteiger partial charge in [-0.1, -0.05) is 0 Å². The van der Waals surface area contributed by atoms with Gasteiger partial charge in [-0.05, 0) is 68.8 Å². The molecule has 188 valence electrons. The van der Waals surface area contributed by atoms with Gasteiger partial charge in [0.1, 0.15) is 5.82 Å². The number of amides is 1. The molecule has 0 aliphatic heterocycles. The van der Waals surface area contributed by atoms with Gasteiger partial charge in [0, 0.05) is 23.5 Å². The van der Waals surface area contributed by atoms with Crippen LogP contribution in [0.15, 0.2) is 47.4 Å². The van der Waals surface area contributed by atoms with Crippen LogP contribution in [0.5, 0.6) is 0 Å². The molecule has 0 fully saturated rings. The van der Waals surface area contributed by atoms with Crippen LogP contribution < -0.4 is 10.5 Å². The highest BCUT2D eigenvalue weighted by Gasteiger charge is 2.35. The maximum Gasteiger partial charge on any atom is 0.418 e. The Hall–Kier alpha value is -3.22. The van der Waals surface area contributed by atoms with E-state index in [0.29, 0.717) is 6.07 Å². The number of carbonyl (C=O) groups is 1. The zero-order valence-corrected chi connectivity index (χ0v) is 19.8. The molecule has 4 N–H and O–H groups in total. The zero-order chi connectivity index (χ0) is 26.3. The lowest BCUT2D eigenvalue weighted by atomic mass is 10.1. The summed E-state index contributed by atoms with van der Waals surface area (Å²) in [4.78, 5) is 12.9. The van der Waals surface area contributed by atoms with E-state index in [9.17, 15) is 35.9 Å². The maximum atomic E-state index is 13.7. The first kappa shape index (κ1) is 26.4. The second kappa shape index (κ2) is 9.44. The van der Waals surface area contributed by atoms with Gasteiger partial charge in [0.2, 0.25) is 10.0 Å². The minimum atomic E-state index is -4.87. The summed E-state index contributed by atoms with van der Waals surface area (Å²) < 4.78 is 79.1. The fourth-order valence-electron chi connectivity index (χ4n) is 3.86. The molecule has 1 aromatic heterocycles. The standard InChI is InChI=1S/C23H23F4N3O4S/c1-12-8-16(5-7-21(12)35(28,33)34)29-22(32)18-11-17(9-13(2)31)30(14(18)3)20-6-4-15(24)10-19(20)23(25,26)27/h4-8,10-11,13,31H,9H2,1-3H3,(H,29,32)(H2,28,33,34)/t13-/m0/s1. The summed E-state index contributed by atoms with van der Waals surface area (Å²) in [5.74, 6) is -1.74. The Kier molecular flexibility index (Phi) is 7.12. The van der Waals surface area contributed by atoms with Gasteiger partial charge in [-0.15, -0.1) is 0 Å². The lowest BCUT2D eigenvalue weighted by Crippen LogP contribution is -2.17. The van der Waals surface area contributed by atoms with Crippen LogP contribution in [-0.2, 0) is 22.6 Å². The number of halogens is 4. The molecular weight excluding hydrogens is 490 g/mol. The third-order valence-electron chi connectivity index (χ3n) is 5.32. The number of hydrogen-bond donors (Lipinski definition) is 3. The van der Waals surface area contributed by atoms with Gasteiger partial charge in [-0.25, -0.2) is 17.9 Å². The highest BCUT2D eigenvalue weighted by atomic mass is 32.2. The average Bonchev–Trinajstić information content (AvgIpc) is 3.01. The van der Waals surface area contributed by atoms with Crippen LogP contribution in [0.4, 0.5) is 23.2 Å². The number of aromatic nitrogens is 1. The third kappa shape index (κ3) is 5.72. The van der Waals surface area contributed by atoms with Crippen molar-refractivity contribution in [1.82, 2.24) is 4.57 Å². The second-order valence-electron chi connectivity index (χ2n) is 8.16. The number of nitrogens with one attached hydrogen (secondary N) is 1. The lowest BCUT2D eigenvalue weighted by molar-refractivity contribution is -0.137. The van der Waals surface area contributed by atoms with Crippen LogP contribution >= 0.6 is 0 Å². The molecule has 2 aromatic carbocycles. The van der Waals surface area contributed by atoms with Gasteiger partial charge in [0.05, 0.1) is 27.8 Å². The summed E-state index contributed by atoms with van der Waals surface area (Å²) in [7, 11) is -3.96. The first-order valence-corrected chi connectivity index (χ1v) is 11.9. The molecule has 35 heavy (non-hydrogen) atoms. The predicted octanol–water partition coefficient (Wildman–Crippen LogP) is 4.08. The molecule has 1 amide bonds. The summed E-state index contributed by atoms with van der Waals surface area (Å²) in [6, 6.07) is 7.52. The molecule has 0 saturated heterocycles. The summed E-state index contributed by atoms with van der Waals surface area (Å²) in [6.07, 6.45) is -5.89. The van der Waals surface area contributed by atoms with Crippen molar-refractivity contribution in [2.75, 3.05) is 5.32 Å². The number of alkyl halides is 3. The molecule has 3 aromatic rings. The summed E-state index contributed by atoms with van der Waals surface area (Å²) in [5, 5.41) is 17.6. The van der Waals surface area contributed by atoms with Gasteiger partial charge in [0.15, 0.2) is 0 Å². The molecular formula is C23H23F4N3O4S. The third-order valence-corrected chi connectivity index (χ3v) is 6.39.